The number of halogens is 2. The summed E-state index contributed by atoms with van der Waals surface area (Å²) in [4.78, 5) is 17.7. The van der Waals surface area contributed by atoms with Gasteiger partial charge in [-0.05, 0) is 81.4 Å². The van der Waals surface area contributed by atoms with Crippen LogP contribution >= 0.6 is 0 Å². The Labute approximate surface area is 184 Å². The van der Waals surface area contributed by atoms with E-state index in [1.807, 2.05) is 0 Å². The molecule has 1 amide bonds. The zero-order chi connectivity index (χ0) is 22.0. The fraction of sp³-hybridized carbons (Fsp3) is 0.542. The first-order chi connectivity index (χ1) is 15.4. The Morgan fingerprint density at radius 3 is 2.53 bits per heavy atom. The number of carbonyl (C=O) groups is 1. The highest BCUT2D eigenvalue weighted by molar-refractivity contribution is 5.86. The van der Waals surface area contributed by atoms with Gasteiger partial charge in [0.05, 0.1) is 17.3 Å². The SMILES string of the molecule is Cc1nn(CC(=O)NC23CC4CC(CC(C4)C2)C3)c2nc(-c3ccco3)cc(C(F)F)c12. The second kappa shape index (κ2) is 7.12. The van der Waals surface area contributed by atoms with Gasteiger partial charge in [-0.3, -0.25) is 4.79 Å². The molecule has 3 heterocycles. The minimum absolute atomic E-state index is 0.0383. The molecule has 3 aromatic rings. The fourth-order valence-corrected chi connectivity index (χ4v) is 6.95. The highest BCUT2D eigenvalue weighted by Gasteiger charge is 2.51. The van der Waals surface area contributed by atoms with Crippen LogP contribution in [-0.2, 0) is 11.3 Å². The maximum absolute atomic E-state index is 13.9. The quantitative estimate of drug-likeness (QED) is 0.605. The summed E-state index contributed by atoms with van der Waals surface area (Å²) < 4.78 is 34.6. The van der Waals surface area contributed by atoms with Gasteiger partial charge in [-0.1, -0.05) is 0 Å². The number of rotatable bonds is 5. The predicted molar refractivity (Wildman–Crippen MR) is 114 cm³/mol. The van der Waals surface area contributed by atoms with Gasteiger partial charge in [0.25, 0.3) is 6.43 Å². The van der Waals surface area contributed by atoms with Crippen LogP contribution < -0.4 is 5.32 Å². The molecule has 0 unspecified atom stereocenters. The lowest BCUT2D eigenvalue weighted by Gasteiger charge is -2.56. The van der Waals surface area contributed by atoms with Crippen molar-refractivity contribution in [3.05, 3.63) is 35.7 Å². The number of pyridine rings is 1. The van der Waals surface area contributed by atoms with Crippen LogP contribution in [0.15, 0.2) is 28.9 Å². The summed E-state index contributed by atoms with van der Waals surface area (Å²) in [6.45, 7) is 1.64. The molecule has 7 rings (SSSR count). The van der Waals surface area contributed by atoms with E-state index in [2.05, 4.69) is 15.4 Å². The van der Waals surface area contributed by atoms with Crippen molar-refractivity contribution >= 4 is 16.9 Å². The molecule has 0 atom stereocenters. The molecule has 3 aromatic heterocycles. The molecular formula is C24H26F2N4O2. The number of hydrogen-bond acceptors (Lipinski definition) is 4. The van der Waals surface area contributed by atoms with E-state index < -0.39 is 6.43 Å². The minimum atomic E-state index is -2.69. The van der Waals surface area contributed by atoms with Crippen molar-refractivity contribution in [2.75, 3.05) is 0 Å². The van der Waals surface area contributed by atoms with Crippen molar-refractivity contribution in [1.29, 1.82) is 0 Å². The van der Waals surface area contributed by atoms with Crippen molar-refractivity contribution in [3.63, 3.8) is 0 Å². The Balaban J connectivity index is 1.32. The molecule has 0 spiro atoms. The number of aromatic nitrogens is 3. The van der Waals surface area contributed by atoms with Gasteiger partial charge in [0.15, 0.2) is 11.4 Å². The molecular weight excluding hydrogens is 414 g/mol. The first kappa shape index (κ1) is 19.9. The third kappa shape index (κ3) is 3.22. The Kier molecular flexibility index (Phi) is 4.42. The van der Waals surface area contributed by atoms with Crippen molar-refractivity contribution in [2.45, 2.75) is 64.0 Å². The number of alkyl halides is 2. The highest BCUT2D eigenvalue weighted by atomic mass is 19.3. The Bertz CT molecular complexity index is 1150. The third-order valence-electron chi connectivity index (χ3n) is 7.65. The van der Waals surface area contributed by atoms with Gasteiger partial charge in [0.2, 0.25) is 5.91 Å². The average Bonchev–Trinajstić information content (AvgIpc) is 3.35. The smallest absolute Gasteiger partial charge is 0.264 e. The zero-order valence-electron chi connectivity index (χ0n) is 18.0. The average molecular weight is 440 g/mol. The van der Waals surface area contributed by atoms with E-state index in [-0.39, 0.29) is 29.2 Å². The summed E-state index contributed by atoms with van der Waals surface area (Å²) >= 11 is 0. The van der Waals surface area contributed by atoms with Gasteiger partial charge in [0.1, 0.15) is 12.2 Å². The van der Waals surface area contributed by atoms with E-state index in [4.69, 9.17) is 4.42 Å². The number of aryl methyl sites for hydroxylation is 1. The van der Waals surface area contributed by atoms with Crippen LogP contribution in [0.25, 0.3) is 22.5 Å². The molecule has 8 heteroatoms. The summed E-state index contributed by atoms with van der Waals surface area (Å²) in [6, 6.07) is 4.71. The van der Waals surface area contributed by atoms with Crippen LogP contribution in [0.2, 0.25) is 0 Å². The van der Waals surface area contributed by atoms with E-state index in [9.17, 15) is 13.6 Å². The van der Waals surface area contributed by atoms with Crippen LogP contribution in [0.3, 0.4) is 0 Å². The first-order valence-corrected chi connectivity index (χ1v) is 11.4. The molecule has 32 heavy (non-hydrogen) atoms. The van der Waals surface area contributed by atoms with Crippen LogP contribution in [0, 0.1) is 24.7 Å². The summed E-state index contributed by atoms with van der Waals surface area (Å²) in [5.74, 6) is 2.44. The molecule has 0 saturated heterocycles. The van der Waals surface area contributed by atoms with E-state index in [1.54, 1.807) is 19.1 Å². The van der Waals surface area contributed by atoms with Crippen LogP contribution in [0.1, 0.15) is 56.2 Å². The third-order valence-corrected chi connectivity index (χ3v) is 7.65. The molecule has 0 radical (unpaired) electrons. The predicted octanol–water partition coefficient (Wildman–Crippen LogP) is 5.02. The Morgan fingerprint density at radius 2 is 1.94 bits per heavy atom. The van der Waals surface area contributed by atoms with Gasteiger partial charge in [-0.15, -0.1) is 0 Å². The van der Waals surface area contributed by atoms with Gasteiger partial charge >= 0.3 is 0 Å². The molecule has 0 aliphatic heterocycles. The Morgan fingerprint density at radius 1 is 1.25 bits per heavy atom. The number of nitrogens with zero attached hydrogens (tertiary/aromatic N) is 3. The molecule has 168 valence electrons. The monoisotopic (exact) mass is 440 g/mol. The van der Waals surface area contributed by atoms with Crippen molar-refractivity contribution in [1.82, 2.24) is 20.1 Å². The van der Waals surface area contributed by atoms with E-state index in [0.717, 1.165) is 37.0 Å². The second-order valence-electron chi connectivity index (χ2n) is 10.1. The molecule has 4 saturated carbocycles. The fourth-order valence-electron chi connectivity index (χ4n) is 6.95. The van der Waals surface area contributed by atoms with E-state index in [0.29, 0.717) is 22.5 Å². The van der Waals surface area contributed by atoms with Crippen molar-refractivity contribution < 1.29 is 18.0 Å². The number of carbonyl (C=O) groups excluding carboxylic acids is 1. The molecule has 4 fully saturated rings. The van der Waals surface area contributed by atoms with E-state index in [1.165, 1.54) is 36.3 Å². The summed E-state index contributed by atoms with van der Waals surface area (Å²) in [5.41, 5.74) is 0.779. The topological polar surface area (TPSA) is 73.0 Å². The zero-order valence-corrected chi connectivity index (χ0v) is 18.0. The lowest BCUT2D eigenvalue weighted by Crippen LogP contribution is -2.60. The minimum Gasteiger partial charge on any atom is -0.463 e. The van der Waals surface area contributed by atoms with Gasteiger partial charge in [0, 0.05) is 11.1 Å². The van der Waals surface area contributed by atoms with Gasteiger partial charge < -0.3 is 9.73 Å². The Hall–Kier alpha value is -2.77. The number of hydrogen-bond donors (Lipinski definition) is 1. The summed E-state index contributed by atoms with van der Waals surface area (Å²) in [6.07, 6.45) is 5.85. The molecule has 4 aliphatic carbocycles. The first-order valence-electron chi connectivity index (χ1n) is 11.4. The molecule has 4 bridgehead atoms. The molecule has 0 aromatic carbocycles. The van der Waals surface area contributed by atoms with Gasteiger partial charge in [-0.25, -0.2) is 18.4 Å². The molecule has 1 N–H and O–H groups in total. The standard InChI is InChI=1S/C24H26F2N4O2/c1-13-21-17(22(25)26)8-18(19-3-2-4-32-19)27-23(21)30(29-13)12-20(31)28-24-9-14-5-15(10-24)7-16(6-14)11-24/h2-4,8,14-16,22H,5-7,9-12H2,1H3,(H,28,31). The van der Waals surface area contributed by atoms with E-state index >= 15 is 0 Å². The van der Waals surface area contributed by atoms with Crippen molar-refractivity contribution in [2.24, 2.45) is 17.8 Å². The number of amides is 1. The molecule has 4 aliphatic rings. The maximum Gasteiger partial charge on any atom is 0.264 e. The second-order valence-corrected chi connectivity index (χ2v) is 10.1. The molecule has 6 nitrogen and oxygen atoms in total. The number of fused-ring (bicyclic) bond motifs is 1. The largest absolute Gasteiger partial charge is 0.463 e. The lowest BCUT2D eigenvalue weighted by molar-refractivity contribution is -0.127. The highest BCUT2D eigenvalue weighted by Crippen LogP contribution is 2.55. The number of nitrogens with one attached hydrogen (secondary N) is 1. The number of furan rings is 1. The van der Waals surface area contributed by atoms with Crippen LogP contribution in [0.5, 0.6) is 0 Å². The van der Waals surface area contributed by atoms with Crippen molar-refractivity contribution in [3.8, 4) is 11.5 Å². The van der Waals surface area contributed by atoms with Crippen LogP contribution in [-0.4, -0.2) is 26.2 Å². The van der Waals surface area contributed by atoms with Gasteiger partial charge in [-0.2, -0.15) is 5.10 Å². The summed E-state index contributed by atoms with van der Waals surface area (Å²) in [5, 5.41) is 8.05. The lowest BCUT2D eigenvalue weighted by atomic mass is 9.53. The summed E-state index contributed by atoms with van der Waals surface area (Å²) in [7, 11) is 0. The van der Waals surface area contributed by atoms with Crippen LogP contribution in [0.4, 0.5) is 8.78 Å². The maximum atomic E-state index is 13.9. The normalized spacial score (nSPS) is 28.7.